The number of β-amino-alcohol motifs (C(OH)–C–C–N with tert-alkyl or cyclic N) is 1. The molecule has 0 saturated carbocycles. The molecular formula is C54H68N8O9S2. The molecule has 3 atom stereocenters. The smallest absolute Gasteiger partial charge is 0.246 e. The lowest BCUT2D eigenvalue weighted by Gasteiger charge is -2.35. The van der Waals surface area contributed by atoms with Gasteiger partial charge in [-0.15, -0.1) is 22.7 Å². The lowest BCUT2D eigenvalue weighted by Crippen LogP contribution is -2.58. The van der Waals surface area contributed by atoms with Gasteiger partial charge in [0, 0.05) is 63.2 Å². The fourth-order valence-electron chi connectivity index (χ4n) is 8.07. The van der Waals surface area contributed by atoms with E-state index >= 15 is 0 Å². The monoisotopic (exact) mass is 1040 g/mol. The highest BCUT2D eigenvalue weighted by Gasteiger charge is 2.44. The van der Waals surface area contributed by atoms with E-state index in [1.54, 1.807) is 22.7 Å². The largest absolute Gasteiger partial charge is 0.391 e. The zero-order valence-corrected chi connectivity index (χ0v) is 44.2. The number of nitrogens with zero attached hydrogens (tertiary/aromatic N) is 5. The standard InChI is InChI=1S/C54H68N8O9S2/c1-36-49(72-35-58-36)39-9-7-37(8-10-39)31-57-51(65)45-30-43(63)33-62(45)53(66)50(54(2,3)4)60-48(64)34-71-28-27-70-26-25-69-24-23-68-22-21-67-20-19-55-47-18-15-41(32-56-47)38-11-13-40(14-12-38)52-59-44-17-16-42(61(5)6)29-46(44)73-52/h7-18,29,32,35,43,45,50,63H,19-28,30-31,33-34H2,1-6H3,(H,55,56)(H,57,65)(H,60,64)/t43-,45+,50?/m1/s1. The van der Waals surface area contributed by atoms with Gasteiger partial charge in [0.05, 0.1) is 91.9 Å². The highest BCUT2D eigenvalue weighted by atomic mass is 32.1. The average Bonchev–Trinajstić information content (AvgIpc) is 4.13. The zero-order valence-electron chi connectivity index (χ0n) is 42.6. The van der Waals surface area contributed by atoms with Crippen LogP contribution in [0, 0.1) is 12.3 Å². The predicted molar refractivity (Wildman–Crippen MR) is 287 cm³/mol. The van der Waals surface area contributed by atoms with E-state index in [9.17, 15) is 19.5 Å². The Labute approximate surface area is 435 Å². The maximum atomic E-state index is 13.9. The second-order valence-corrected chi connectivity index (χ2v) is 20.8. The van der Waals surface area contributed by atoms with Crippen LogP contribution in [0.1, 0.15) is 38.4 Å². The highest BCUT2D eigenvalue weighted by molar-refractivity contribution is 7.21. The number of carbonyl (C=O) groups is 3. The van der Waals surface area contributed by atoms with E-state index in [2.05, 4.69) is 79.3 Å². The van der Waals surface area contributed by atoms with Crippen molar-refractivity contribution in [1.29, 1.82) is 0 Å². The lowest BCUT2D eigenvalue weighted by molar-refractivity contribution is -0.144. The first-order valence-electron chi connectivity index (χ1n) is 24.6. The van der Waals surface area contributed by atoms with Gasteiger partial charge < -0.3 is 54.5 Å². The number of hydrogen-bond donors (Lipinski definition) is 4. The van der Waals surface area contributed by atoms with Crippen LogP contribution in [-0.2, 0) is 44.6 Å². The van der Waals surface area contributed by atoms with Crippen LogP contribution < -0.4 is 20.9 Å². The average molecular weight is 1040 g/mol. The Bertz CT molecular complexity index is 2690. The molecule has 3 aromatic carbocycles. The number of amides is 3. The molecule has 0 spiro atoms. The molecule has 0 aliphatic carbocycles. The Kier molecular flexibility index (Phi) is 20.2. The Morgan fingerprint density at radius 2 is 1.42 bits per heavy atom. The number of hydrogen-bond acceptors (Lipinski definition) is 16. The molecule has 3 amide bonds. The summed E-state index contributed by atoms with van der Waals surface area (Å²) in [6.07, 6.45) is 1.10. The van der Waals surface area contributed by atoms with Crippen LogP contribution >= 0.6 is 22.7 Å². The summed E-state index contributed by atoms with van der Waals surface area (Å²) < 4.78 is 29.1. The molecule has 3 aromatic heterocycles. The van der Waals surface area contributed by atoms with Crippen LogP contribution in [0.4, 0.5) is 11.5 Å². The van der Waals surface area contributed by atoms with Gasteiger partial charge in [0.15, 0.2) is 0 Å². The molecule has 7 rings (SSSR count). The summed E-state index contributed by atoms with van der Waals surface area (Å²) >= 11 is 3.27. The number of pyridine rings is 1. The number of fused-ring (bicyclic) bond motifs is 1. The van der Waals surface area contributed by atoms with Crippen LogP contribution in [-0.4, -0.2) is 154 Å². The van der Waals surface area contributed by atoms with E-state index in [4.69, 9.17) is 28.7 Å². The number of anilines is 2. The number of carbonyl (C=O) groups excluding carboxylic acids is 3. The molecule has 6 aromatic rings. The quantitative estimate of drug-likeness (QED) is 0.0392. The first kappa shape index (κ1) is 54.9. The fraction of sp³-hybridized carbons (Fsp3) is 0.444. The minimum Gasteiger partial charge on any atom is -0.391 e. The number of nitrogens with one attached hydrogen (secondary N) is 3. The topological polar surface area (TPSA) is 199 Å². The van der Waals surface area contributed by atoms with Gasteiger partial charge in [0.2, 0.25) is 17.7 Å². The van der Waals surface area contributed by atoms with Crippen molar-refractivity contribution < 1.29 is 43.2 Å². The maximum absolute atomic E-state index is 13.9. The summed E-state index contributed by atoms with van der Waals surface area (Å²) in [5.74, 6) is -0.508. The summed E-state index contributed by atoms with van der Waals surface area (Å²) in [6, 6.07) is 24.8. The van der Waals surface area contributed by atoms with E-state index in [-0.39, 0.29) is 45.2 Å². The Morgan fingerprint density at radius 3 is 2.04 bits per heavy atom. The number of ether oxygens (including phenoxy) is 5. The van der Waals surface area contributed by atoms with E-state index in [0.717, 1.165) is 60.4 Å². The summed E-state index contributed by atoms with van der Waals surface area (Å²) in [6.45, 7) is 11.4. The minimum absolute atomic E-state index is 0.0125. The van der Waals surface area contributed by atoms with Crippen molar-refractivity contribution in [2.75, 3.05) is 103 Å². The molecular weight excluding hydrogens is 969 g/mol. The zero-order chi connectivity index (χ0) is 51.7. The van der Waals surface area contributed by atoms with Crippen LogP contribution in [0.15, 0.2) is 90.6 Å². The molecule has 4 N–H and O–H groups in total. The molecule has 4 heterocycles. The summed E-state index contributed by atoms with van der Waals surface area (Å²) in [5, 5.41) is 20.6. The third-order valence-electron chi connectivity index (χ3n) is 12.1. The molecule has 1 aliphatic rings. The van der Waals surface area contributed by atoms with E-state index < -0.39 is 35.4 Å². The number of aromatic nitrogens is 3. The van der Waals surface area contributed by atoms with E-state index in [0.29, 0.717) is 52.8 Å². The van der Waals surface area contributed by atoms with Gasteiger partial charge in [-0.05, 0) is 59.4 Å². The first-order valence-corrected chi connectivity index (χ1v) is 26.3. The minimum atomic E-state index is -0.959. The number of benzene rings is 3. The van der Waals surface area contributed by atoms with Gasteiger partial charge in [0.25, 0.3) is 0 Å². The molecule has 1 saturated heterocycles. The van der Waals surface area contributed by atoms with E-state index in [1.807, 2.05) is 83.8 Å². The first-order chi connectivity index (χ1) is 35.2. The van der Waals surface area contributed by atoms with Crippen molar-refractivity contribution in [2.24, 2.45) is 5.41 Å². The second-order valence-electron chi connectivity index (χ2n) is 18.9. The van der Waals surface area contributed by atoms with Crippen molar-refractivity contribution >= 4 is 62.1 Å². The van der Waals surface area contributed by atoms with Gasteiger partial charge in [-0.2, -0.15) is 0 Å². The molecule has 390 valence electrons. The van der Waals surface area contributed by atoms with Crippen LogP contribution in [0.2, 0.25) is 0 Å². The summed E-state index contributed by atoms with van der Waals surface area (Å²) in [5.41, 5.74) is 9.42. The van der Waals surface area contributed by atoms with E-state index in [1.165, 1.54) is 9.60 Å². The number of aliphatic hydroxyl groups is 1. The lowest BCUT2D eigenvalue weighted by atomic mass is 9.85. The molecule has 73 heavy (non-hydrogen) atoms. The van der Waals surface area contributed by atoms with Crippen molar-refractivity contribution in [3.05, 3.63) is 102 Å². The molecule has 1 fully saturated rings. The number of aliphatic hydroxyl groups excluding tert-OH is 1. The van der Waals surface area contributed by atoms with Crippen LogP contribution in [0.25, 0.3) is 42.4 Å². The molecule has 1 aliphatic heterocycles. The summed E-state index contributed by atoms with van der Waals surface area (Å²) in [7, 11) is 4.08. The second kappa shape index (κ2) is 26.9. The van der Waals surface area contributed by atoms with Crippen LogP contribution in [0.5, 0.6) is 0 Å². The number of likely N-dealkylation sites (tertiary alicyclic amines) is 1. The normalized spacial score (nSPS) is 15.1. The fourth-order valence-corrected chi connectivity index (χ4v) is 9.88. The number of aryl methyl sites for hydroxylation is 1. The third-order valence-corrected chi connectivity index (χ3v) is 14.1. The molecule has 0 bridgehead atoms. The Balaban J connectivity index is 0.684. The highest BCUT2D eigenvalue weighted by Crippen LogP contribution is 2.34. The van der Waals surface area contributed by atoms with Gasteiger partial charge in [-0.1, -0.05) is 69.3 Å². The Hall–Kier alpha value is -5.90. The summed E-state index contributed by atoms with van der Waals surface area (Å²) in [4.78, 5) is 58.6. The van der Waals surface area contributed by atoms with Crippen molar-refractivity contribution in [3.63, 3.8) is 0 Å². The third kappa shape index (κ3) is 16.0. The van der Waals surface area contributed by atoms with Gasteiger partial charge >= 0.3 is 0 Å². The molecule has 17 nitrogen and oxygen atoms in total. The molecule has 19 heteroatoms. The number of thiazole rings is 2. The molecule has 0 radical (unpaired) electrons. The van der Waals surface area contributed by atoms with Gasteiger partial charge in [-0.3, -0.25) is 14.4 Å². The maximum Gasteiger partial charge on any atom is 0.246 e. The number of rotatable bonds is 27. The SMILES string of the molecule is Cc1ncsc1-c1ccc(CNC(=O)[C@@H]2C[C@@H](O)CN2C(=O)C(NC(=O)COCCOCCOCCOCCOCCNc2ccc(-c3ccc(-c4nc5ccc(N(C)C)cc5s4)cc3)cn2)C(C)(C)C)cc1. The Morgan fingerprint density at radius 1 is 0.795 bits per heavy atom. The van der Waals surface area contributed by atoms with Crippen molar-refractivity contribution in [3.8, 4) is 32.1 Å². The predicted octanol–water partition coefficient (Wildman–Crippen LogP) is 6.83. The van der Waals surface area contributed by atoms with Gasteiger partial charge in [-0.25, -0.2) is 15.0 Å². The van der Waals surface area contributed by atoms with Crippen molar-refractivity contribution in [2.45, 2.75) is 58.8 Å². The van der Waals surface area contributed by atoms with Gasteiger partial charge in [0.1, 0.15) is 29.5 Å². The van der Waals surface area contributed by atoms with Crippen LogP contribution in [0.3, 0.4) is 0 Å². The molecule has 1 unspecified atom stereocenters. The van der Waals surface area contributed by atoms with Crippen molar-refractivity contribution in [1.82, 2.24) is 30.5 Å².